The minimum Gasteiger partial charge on any atom is -0.468 e. The van der Waals surface area contributed by atoms with Crippen molar-refractivity contribution in [2.45, 2.75) is 36.1 Å². The second-order valence-corrected chi connectivity index (χ2v) is 8.66. The van der Waals surface area contributed by atoms with Crippen molar-refractivity contribution in [2.75, 3.05) is 7.11 Å². The zero-order chi connectivity index (χ0) is 20.0. The van der Waals surface area contributed by atoms with Crippen LogP contribution in [0.3, 0.4) is 0 Å². The molecule has 2 aromatic carbocycles. The molecule has 1 aliphatic rings. The zero-order valence-electron chi connectivity index (χ0n) is 16.3. The normalized spacial score (nSPS) is 15.0. The van der Waals surface area contributed by atoms with Gasteiger partial charge in [0.2, 0.25) is 0 Å². The van der Waals surface area contributed by atoms with Crippen LogP contribution < -0.4 is 0 Å². The van der Waals surface area contributed by atoms with Crippen LogP contribution in [-0.4, -0.2) is 32.9 Å². The van der Waals surface area contributed by atoms with E-state index in [9.17, 15) is 4.79 Å². The molecule has 0 saturated heterocycles. The maximum Gasteiger partial charge on any atom is 0.318 e. The first-order valence-electron chi connectivity index (χ1n) is 9.77. The van der Waals surface area contributed by atoms with Crippen LogP contribution >= 0.6 is 11.8 Å². The van der Waals surface area contributed by atoms with Gasteiger partial charge >= 0.3 is 5.97 Å². The van der Waals surface area contributed by atoms with Crippen molar-refractivity contribution < 1.29 is 9.53 Å². The van der Waals surface area contributed by atoms with Gasteiger partial charge in [0.15, 0.2) is 10.8 Å². The first kappa shape index (κ1) is 18.2. The van der Waals surface area contributed by atoms with Gasteiger partial charge in [-0.1, -0.05) is 42.1 Å². The third-order valence-electron chi connectivity index (χ3n) is 5.41. The molecule has 5 nitrogen and oxygen atoms in total. The van der Waals surface area contributed by atoms with Gasteiger partial charge in [-0.05, 0) is 54.8 Å². The molecule has 4 aromatic rings. The van der Waals surface area contributed by atoms with Crippen LogP contribution in [0, 0.1) is 0 Å². The highest BCUT2D eigenvalue weighted by Crippen LogP contribution is 2.44. The predicted molar refractivity (Wildman–Crippen MR) is 116 cm³/mol. The molecule has 0 radical (unpaired) electrons. The van der Waals surface area contributed by atoms with Crippen LogP contribution in [0.1, 0.15) is 31.2 Å². The standard InChI is InChI=1S/C23H21N3O2S/c1-14(22(27)28-2)29-23-25-21-20(8-5-13-24-21)26(23)19-12-11-16(15-9-10-15)17-6-3-4-7-18(17)19/h3-8,11-15H,9-10H2,1-2H3. The monoisotopic (exact) mass is 403 g/mol. The van der Waals surface area contributed by atoms with Gasteiger partial charge < -0.3 is 4.74 Å². The van der Waals surface area contributed by atoms with Crippen molar-refractivity contribution in [2.24, 2.45) is 0 Å². The van der Waals surface area contributed by atoms with Crippen LogP contribution in [0.15, 0.2) is 59.9 Å². The number of methoxy groups -OCH3 is 1. The number of rotatable bonds is 5. The Hall–Kier alpha value is -2.86. The fourth-order valence-corrected chi connectivity index (χ4v) is 4.78. The Bertz CT molecular complexity index is 1230. The van der Waals surface area contributed by atoms with E-state index in [0.717, 1.165) is 16.4 Å². The van der Waals surface area contributed by atoms with Gasteiger partial charge in [-0.25, -0.2) is 9.97 Å². The number of imidazole rings is 1. The van der Waals surface area contributed by atoms with E-state index in [1.165, 1.54) is 48.0 Å². The number of ether oxygens (including phenoxy) is 1. The molecule has 5 rings (SSSR count). The minimum atomic E-state index is -0.368. The van der Waals surface area contributed by atoms with E-state index in [0.29, 0.717) is 11.6 Å². The maximum atomic E-state index is 12.0. The number of thioether (sulfide) groups is 1. The molecule has 1 saturated carbocycles. The SMILES string of the molecule is COC(=O)C(C)Sc1nc2ncccc2n1-c1ccc(C2CC2)c2ccccc12. The molecule has 0 spiro atoms. The van der Waals surface area contributed by atoms with Crippen molar-refractivity contribution in [1.82, 2.24) is 14.5 Å². The maximum absolute atomic E-state index is 12.0. The van der Waals surface area contributed by atoms with Crippen LogP contribution in [0.2, 0.25) is 0 Å². The topological polar surface area (TPSA) is 57.0 Å². The first-order valence-corrected chi connectivity index (χ1v) is 10.7. The Labute approximate surface area is 173 Å². The Kier molecular flexibility index (Phi) is 4.51. The summed E-state index contributed by atoms with van der Waals surface area (Å²) in [5, 5.41) is 2.84. The molecule has 0 N–H and O–H groups in total. The molecule has 6 heteroatoms. The lowest BCUT2D eigenvalue weighted by Crippen LogP contribution is -2.15. The van der Waals surface area contributed by atoms with Crippen molar-refractivity contribution in [1.29, 1.82) is 0 Å². The highest BCUT2D eigenvalue weighted by molar-refractivity contribution is 8.00. The van der Waals surface area contributed by atoms with Crippen LogP contribution in [0.4, 0.5) is 0 Å². The van der Waals surface area contributed by atoms with E-state index in [2.05, 4.69) is 45.9 Å². The van der Waals surface area contributed by atoms with Crippen molar-refractivity contribution in [3.8, 4) is 5.69 Å². The Morgan fingerprint density at radius 3 is 2.69 bits per heavy atom. The molecular weight excluding hydrogens is 382 g/mol. The molecule has 0 aliphatic heterocycles. The summed E-state index contributed by atoms with van der Waals surface area (Å²) in [7, 11) is 1.41. The van der Waals surface area contributed by atoms with E-state index in [4.69, 9.17) is 9.72 Å². The average molecular weight is 404 g/mol. The largest absolute Gasteiger partial charge is 0.468 e. The minimum absolute atomic E-state index is 0.268. The molecule has 1 atom stereocenters. The fourth-order valence-electron chi connectivity index (χ4n) is 3.83. The molecule has 1 unspecified atom stereocenters. The number of nitrogens with zero attached hydrogens (tertiary/aromatic N) is 3. The molecule has 2 heterocycles. The molecule has 146 valence electrons. The fraction of sp³-hybridized carbons (Fsp3) is 0.261. The summed E-state index contributed by atoms with van der Waals surface area (Å²) in [6, 6.07) is 16.9. The van der Waals surface area contributed by atoms with Crippen molar-refractivity contribution in [3.05, 3.63) is 60.3 Å². The zero-order valence-corrected chi connectivity index (χ0v) is 17.1. The number of fused-ring (bicyclic) bond motifs is 2. The van der Waals surface area contributed by atoms with Gasteiger partial charge in [0, 0.05) is 11.6 Å². The van der Waals surface area contributed by atoms with Gasteiger partial charge in [0.05, 0.1) is 18.3 Å². The Morgan fingerprint density at radius 2 is 1.93 bits per heavy atom. The number of hydrogen-bond donors (Lipinski definition) is 0. The molecule has 29 heavy (non-hydrogen) atoms. The quantitative estimate of drug-likeness (QED) is 0.343. The van der Waals surface area contributed by atoms with E-state index in [-0.39, 0.29) is 11.2 Å². The summed E-state index contributed by atoms with van der Waals surface area (Å²) >= 11 is 1.39. The van der Waals surface area contributed by atoms with E-state index in [1.54, 1.807) is 6.20 Å². The second-order valence-electron chi connectivity index (χ2n) is 7.35. The van der Waals surface area contributed by atoms with Gasteiger partial charge in [-0.15, -0.1) is 0 Å². The Balaban J connectivity index is 1.73. The van der Waals surface area contributed by atoms with Gasteiger partial charge in [-0.3, -0.25) is 9.36 Å². The van der Waals surface area contributed by atoms with Crippen LogP contribution in [0.5, 0.6) is 0 Å². The highest BCUT2D eigenvalue weighted by atomic mass is 32.2. The summed E-state index contributed by atoms with van der Waals surface area (Å²) in [4.78, 5) is 21.2. The Morgan fingerprint density at radius 1 is 1.14 bits per heavy atom. The lowest BCUT2D eigenvalue weighted by molar-refractivity contribution is -0.139. The van der Waals surface area contributed by atoms with Gasteiger partial charge in [0.1, 0.15) is 5.25 Å². The predicted octanol–water partition coefficient (Wildman–Crippen LogP) is 5.10. The summed E-state index contributed by atoms with van der Waals surface area (Å²) in [5.74, 6) is 0.402. The van der Waals surface area contributed by atoms with Crippen molar-refractivity contribution in [3.63, 3.8) is 0 Å². The van der Waals surface area contributed by atoms with E-state index in [1.807, 2.05) is 19.1 Å². The lowest BCUT2D eigenvalue weighted by Gasteiger charge is -2.15. The number of carbonyl (C=O) groups excluding carboxylic acids is 1. The molecule has 1 aliphatic carbocycles. The number of hydrogen-bond acceptors (Lipinski definition) is 5. The smallest absolute Gasteiger partial charge is 0.318 e. The lowest BCUT2D eigenvalue weighted by atomic mass is 9.99. The first-order chi connectivity index (χ1) is 14.2. The third-order valence-corrected chi connectivity index (χ3v) is 6.44. The number of aromatic nitrogens is 3. The van der Waals surface area contributed by atoms with E-state index < -0.39 is 0 Å². The molecular formula is C23H21N3O2S. The summed E-state index contributed by atoms with van der Waals surface area (Å²) < 4.78 is 7.03. The van der Waals surface area contributed by atoms with Gasteiger partial charge in [-0.2, -0.15) is 0 Å². The number of pyridine rings is 1. The molecule has 0 bridgehead atoms. The molecule has 1 fully saturated rings. The van der Waals surface area contributed by atoms with Gasteiger partial charge in [0.25, 0.3) is 0 Å². The van der Waals surface area contributed by atoms with Crippen LogP contribution in [-0.2, 0) is 9.53 Å². The van der Waals surface area contributed by atoms with Crippen LogP contribution in [0.25, 0.3) is 27.6 Å². The average Bonchev–Trinajstić information content (AvgIpc) is 3.53. The van der Waals surface area contributed by atoms with Crippen molar-refractivity contribution >= 4 is 39.7 Å². The summed E-state index contributed by atoms with van der Waals surface area (Å²) in [6.07, 6.45) is 4.27. The van der Waals surface area contributed by atoms with E-state index >= 15 is 0 Å². The second kappa shape index (κ2) is 7.19. The highest BCUT2D eigenvalue weighted by Gasteiger charge is 2.27. The number of benzene rings is 2. The molecule has 0 amide bonds. The summed E-state index contributed by atoms with van der Waals surface area (Å²) in [6.45, 7) is 1.84. The number of carbonyl (C=O) groups is 1. The number of esters is 1. The molecule has 2 aromatic heterocycles. The summed E-state index contributed by atoms with van der Waals surface area (Å²) in [5.41, 5.74) is 4.07. The third kappa shape index (κ3) is 3.17.